The van der Waals surface area contributed by atoms with Gasteiger partial charge in [-0.15, -0.1) is 0 Å². The number of carbonyl (C=O) groups excluding carboxylic acids is 3. The highest BCUT2D eigenvalue weighted by molar-refractivity contribution is 5.96. The van der Waals surface area contributed by atoms with Gasteiger partial charge in [-0.2, -0.15) is 5.10 Å². The molecular weight excluding hydrogens is 298 g/mol. The van der Waals surface area contributed by atoms with Gasteiger partial charge in [0.05, 0.1) is 30.3 Å². The van der Waals surface area contributed by atoms with Crippen molar-refractivity contribution in [2.75, 3.05) is 19.7 Å². The number of hydrogen-bond donors (Lipinski definition) is 0. The number of hydrogen-bond acceptors (Lipinski definition) is 5. The maximum Gasteiger partial charge on any atom is 0.341 e. The van der Waals surface area contributed by atoms with E-state index in [0.717, 1.165) is 12.8 Å². The molecule has 0 N–H and O–H groups in total. The minimum atomic E-state index is -0.360. The summed E-state index contributed by atoms with van der Waals surface area (Å²) in [4.78, 5) is 36.8. The standard InChI is InChI=1S/C16H21N3O4/c1-2-23-16(22)12-9-17-19(10-12)13-3-5-18(6-4-13)15(21)11-7-14(20)8-11/h9-11,13H,2-8H2,1H3. The van der Waals surface area contributed by atoms with Crippen LogP contribution >= 0.6 is 0 Å². The molecule has 2 aliphatic rings. The zero-order chi connectivity index (χ0) is 16.4. The highest BCUT2D eigenvalue weighted by atomic mass is 16.5. The Kier molecular flexibility index (Phi) is 4.45. The van der Waals surface area contributed by atoms with Gasteiger partial charge in [-0.25, -0.2) is 4.79 Å². The van der Waals surface area contributed by atoms with Gasteiger partial charge in [0.1, 0.15) is 5.78 Å². The van der Waals surface area contributed by atoms with E-state index in [9.17, 15) is 14.4 Å². The quantitative estimate of drug-likeness (QED) is 0.779. The van der Waals surface area contributed by atoms with Crippen LogP contribution in [0.5, 0.6) is 0 Å². The van der Waals surface area contributed by atoms with Crippen LogP contribution in [0.25, 0.3) is 0 Å². The maximum atomic E-state index is 12.2. The number of nitrogens with zero attached hydrogens (tertiary/aromatic N) is 3. The Morgan fingerprint density at radius 2 is 2.00 bits per heavy atom. The molecule has 0 atom stereocenters. The first-order chi connectivity index (χ1) is 11.1. The number of Topliss-reactive ketones (excluding diaryl/α,β-unsaturated/α-hetero) is 1. The first-order valence-corrected chi connectivity index (χ1v) is 8.10. The molecule has 1 amide bonds. The third kappa shape index (κ3) is 3.28. The van der Waals surface area contributed by atoms with Gasteiger partial charge in [0.15, 0.2) is 0 Å². The number of ether oxygens (including phenoxy) is 1. The molecule has 2 heterocycles. The van der Waals surface area contributed by atoms with Gasteiger partial charge in [-0.05, 0) is 19.8 Å². The van der Waals surface area contributed by atoms with Crippen molar-refractivity contribution in [2.24, 2.45) is 5.92 Å². The number of carbonyl (C=O) groups is 3. The molecule has 3 rings (SSSR count). The van der Waals surface area contributed by atoms with E-state index in [4.69, 9.17) is 4.74 Å². The zero-order valence-electron chi connectivity index (χ0n) is 13.2. The van der Waals surface area contributed by atoms with E-state index in [1.807, 2.05) is 4.90 Å². The van der Waals surface area contributed by atoms with Gasteiger partial charge >= 0.3 is 5.97 Å². The van der Waals surface area contributed by atoms with Crippen molar-refractivity contribution in [1.29, 1.82) is 0 Å². The molecule has 0 unspecified atom stereocenters. The summed E-state index contributed by atoms with van der Waals surface area (Å²) in [6.07, 6.45) is 5.65. The van der Waals surface area contributed by atoms with E-state index in [1.54, 1.807) is 17.8 Å². The molecule has 2 fully saturated rings. The Bertz CT molecular complexity index is 609. The van der Waals surface area contributed by atoms with Crippen molar-refractivity contribution in [2.45, 2.75) is 38.6 Å². The zero-order valence-corrected chi connectivity index (χ0v) is 13.2. The molecule has 0 aromatic carbocycles. The first-order valence-electron chi connectivity index (χ1n) is 8.10. The minimum Gasteiger partial charge on any atom is -0.462 e. The molecule has 7 heteroatoms. The predicted octanol–water partition coefficient (Wildman–Crippen LogP) is 1.20. The van der Waals surface area contributed by atoms with Crippen LogP contribution in [-0.4, -0.2) is 52.0 Å². The van der Waals surface area contributed by atoms with Crippen molar-refractivity contribution in [1.82, 2.24) is 14.7 Å². The molecule has 1 aromatic heterocycles. The topological polar surface area (TPSA) is 81.5 Å². The van der Waals surface area contributed by atoms with Crippen LogP contribution in [-0.2, 0) is 14.3 Å². The molecule has 0 spiro atoms. The second-order valence-electron chi connectivity index (χ2n) is 6.13. The van der Waals surface area contributed by atoms with Gasteiger partial charge in [0.25, 0.3) is 0 Å². The van der Waals surface area contributed by atoms with Crippen LogP contribution in [0.4, 0.5) is 0 Å². The fourth-order valence-electron chi connectivity index (χ4n) is 3.13. The fourth-order valence-corrected chi connectivity index (χ4v) is 3.13. The third-order valence-corrected chi connectivity index (χ3v) is 4.56. The van der Waals surface area contributed by atoms with Gasteiger partial charge in [-0.3, -0.25) is 14.3 Å². The van der Waals surface area contributed by atoms with Crippen LogP contribution in [0.15, 0.2) is 12.4 Å². The Balaban J connectivity index is 1.53. The molecule has 0 radical (unpaired) electrons. The van der Waals surface area contributed by atoms with Gasteiger partial charge in [0.2, 0.25) is 5.91 Å². The lowest BCUT2D eigenvalue weighted by Crippen LogP contribution is -2.45. The summed E-state index contributed by atoms with van der Waals surface area (Å²) in [6.45, 7) is 3.45. The highest BCUT2D eigenvalue weighted by Gasteiger charge is 2.36. The lowest BCUT2D eigenvalue weighted by atomic mass is 9.82. The van der Waals surface area contributed by atoms with E-state index in [-0.39, 0.29) is 29.6 Å². The molecule has 1 saturated carbocycles. The Hall–Kier alpha value is -2.18. The van der Waals surface area contributed by atoms with Crippen LogP contribution < -0.4 is 0 Å². The average molecular weight is 319 g/mol. The second-order valence-corrected chi connectivity index (χ2v) is 6.13. The van der Waals surface area contributed by atoms with Gasteiger partial charge in [-0.1, -0.05) is 0 Å². The lowest BCUT2D eigenvalue weighted by Gasteiger charge is -2.36. The predicted molar refractivity (Wildman–Crippen MR) is 80.8 cm³/mol. The molecule has 1 aliphatic carbocycles. The summed E-state index contributed by atoms with van der Waals surface area (Å²) < 4.78 is 6.75. The SMILES string of the molecule is CCOC(=O)c1cnn(C2CCN(C(=O)C3CC(=O)C3)CC2)c1. The van der Waals surface area contributed by atoms with Crippen LogP contribution in [0.2, 0.25) is 0 Å². The summed E-state index contributed by atoms with van der Waals surface area (Å²) in [7, 11) is 0. The number of rotatable bonds is 4. The fraction of sp³-hybridized carbons (Fsp3) is 0.625. The first kappa shape index (κ1) is 15.7. The molecule has 1 aromatic rings. The van der Waals surface area contributed by atoms with Gasteiger partial charge < -0.3 is 9.64 Å². The lowest BCUT2D eigenvalue weighted by molar-refractivity contribution is -0.146. The van der Waals surface area contributed by atoms with Crippen LogP contribution in [0.3, 0.4) is 0 Å². The number of esters is 1. The summed E-state index contributed by atoms with van der Waals surface area (Å²) in [5.74, 6) is -0.169. The summed E-state index contributed by atoms with van der Waals surface area (Å²) in [5.41, 5.74) is 0.457. The number of likely N-dealkylation sites (tertiary alicyclic amines) is 1. The molecule has 23 heavy (non-hydrogen) atoms. The normalized spacial score (nSPS) is 19.5. The molecule has 124 valence electrons. The summed E-state index contributed by atoms with van der Waals surface area (Å²) >= 11 is 0. The number of aromatic nitrogens is 2. The van der Waals surface area contributed by atoms with E-state index >= 15 is 0 Å². The molecule has 7 nitrogen and oxygen atoms in total. The largest absolute Gasteiger partial charge is 0.462 e. The van der Waals surface area contributed by atoms with E-state index in [1.165, 1.54) is 6.20 Å². The maximum absolute atomic E-state index is 12.2. The Morgan fingerprint density at radius 3 is 2.61 bits per heavy atom. The van der Waals surface area contributed by atoms with Crippen molar-refractivity contribution in [3.05, 3.63) is 18.0 Å². The van der Waals surface area contributed by atoms with Crippen LogP contribution in [0.1, 0.15) is 49.0 Å². The molecule has 1 aliphatic heterocycles. The van der Waals surface area contributed by atoms with E-state index < -0.39 is 0 Å². The average Bonchev–Trinajstić information content (AvgIpc) is 3.02. The number of piperidine rings is 1. The van der Waals surface area contributed by atoms with Crippen molar-refractivity contribution in [3.63, 3.8) is 0 Å². The van der Waals surface area contributed by atoms with Crippen LogP contribution in [0, 0.1) is 5.92 Å². The van der Waals surface area contributed by atoms with Crippen molar-refractivity contribution in [3.8, 4) is 0 Å². The Morgan fingerprint density at radius 1 is 1.30 bits per heavy atom. The van der Waals surface area contributed by atoms with Crippen molar-refractivity contribution >= 4 is 17.7 Å². The molecule has 1 saturated heterocycles. The summed E-state index contributed by atoms with van der Waals surface area (Å²) in [6, 6.07) is 0.185. The van der Waals surface area contributed by atoms with E-state index in [2.05, 4.69) is 5.10 Å². The third-order valence-electron chi connectivity index (χ3n) is 4.56. The summed E-state index contributed by atoms with van der Waals surface area (Å²) in [5, 5.41) is 4.25. The van der Waals surface area contributed by atoms with Gasteiger partial charge in [0, 0.05) is 32.1 Å². The minimum absolute atomic E-state index is 0.0980. The smallest absolute Gasteiger partial charge is 0.341 e. The number of ketones is 1. The van der Waals surface area contributed by atoms with E-state index in [0.29, 0.717) is 38.1 Å². The monoisotopic (exact) mass is 319 g/mol. The van der Waals surface area contributed by atoms with Crippen molar-refractivity contribution < 1.29 is 19.1 Å². The second kappa shape index (κ2) is 6.52. The molecule has 0 bridgehead atoms. The Labute approximate surface area is 134 Å². The number of amides is 1. The highest BCUT2D eigenvalue weighted by Crippen LogP contribution is 2.28. The molecular formula is C16H21N3O4.